The lowest BCUT2D eigenvalue weighted by atomic mass is 9.98. The number of carbonyl (C=O) groups excluding carboxylic acids is 1. The van der Waals surface area contributed by atoms with Crippen LogP contribution < -0.4 is 5.32 Å². The summed E-state index contributed by atoms with van der Waals surface area (Å²) in [5, 5.41) is 3.63. The summed E-state index contributed by atoms with van der Waals surface area (Å²) in [6.45, 7) is 3.67. The van der Waals surface area contributed by atoms with Crippen molar-refractivity contribution < 1.29 is 4.79 Å². The van der Waals surface area contributed by atoms with Gasteiger partial charge in [0, 0.05) is 42.9 Å². The fourth-order valence-electron chi connectivity index (χ4n) is 3.79. The molecule has 0 radical (unpaired) electrons. The highest BCUT2D eigenvalue weighted by molar-refractivity contribution is 6.30. The quantitative estimate of drug-likeness (QED) is 0.883. The number of likely N-dealkylation sites (tertiary alicyclic amines) is 1. The Bertz CT molecular complexity index is 762. The Morgan fingerprint density at radius 1 is 1.04 bits per heavy atom. The van der Waals surface area contributed by atoms with Crippen LogP contribution in [0, 0.1) is 0 Å². The molecule has 5 heteroatoms. The van der Waals surface area contributed by atoms with E-state index >= 15 is 0 Å². The summed E-state index contributed by atoms with van der Waals surface area (Å²) in [4.78, 5) is 16.9. The van der Waals surface area contributed by atoms with Crippen molar-refractivity contribution in [1.29, 1.82) is 0 Å². The Kier molecular flexibility index (Phi) is 4.64. The van der Waals surface area contributed by atoms with E-state index in [-0.39, 0.29) is 6.03 Å². The van der Waals surface area contributed by atoms with E-state index in [9.17, 15) is 4.79 Å². The highest BCUT2D eigenvalue weighted by Crippen LogP contribution is 2.25. The van der Waals surface area contributed by atoms with Crippen LogP contribution >= 0.6 is 11.6 Å². The molecule has 2 aromatic carbocycles. The number of hydrogen-bond acceptors (Lipinski definition) is 2. The zero-order valence-corrected chi connectivity index (χ0v) is 14.9. The van der Waals surface area contributed by atoms with Crippen LogP contribution in [0.4, 0.5) is 10.5 Å². The van der Waals surface area contributed by atoms with Gasteiger partial charge in [-0.15, -0.1) is 0 Å². The molecule has 4 rings (SSSR count). The highest BCUT2D eigenvalue weighted by Gasteiger charge is 2.31. The minimum atomic E-state index is -0.0257. The van der Waals surface area contributed by atoms with E-state index in [0.717, 1.165) is 44.7 Å². The van der Waals surface area contributed by atoms with E-state index < -0.39 is 0 Å². The summed E-state index contributed by atoms with van der Waals surface area (Å²) < 4.78 is 0. The number of carbonyl (C=O) groups is 1. The van der Waals surface area contributed by atoms with Gasteiger partial charge in [0.2, 0.25) is 0 Å². The standard InChI is InChI=1S/C20H22ClN3O/c21-17-5-7-18(8-6-17)22-20(25)24-12-10-19(14-24)23-11-9-15-3-1-2-4-16(15)13-23/h1-8,19H,9-14H2,(H,22,25). The molecule has 1 unspecified atom stereocenters. The molecule has 4 nitrogen and oxygen atoms in total. The molecule has 0 spiro atoms. The van der Waals surface area contributed by atoms with E-state index in [0.29, 0.717) is 11.1 Å². The van der Waals surface area contributed by atoms with Crippen molar-refractivity contribution in [2.24, 2.45) is 0 Å². The number of anilines is 1. The Balaban J connectivity index is 1.35. The lowest BCUT2D eigenvalue weighted by molar-refractivity contribution is 0.177. The minimum Gasteiger partial charge on any atom is -0.323 e. The Hall–Kier alpha value is -2.04. The van der Waals surface area contributed by atoms with Gasteiger partial charge in [-0.3, -0.25) is 4.90 Å². The number of urea groups is 1. The molecule has 1 saturated heterocycles. The molecular formula is C20H22ClN3O. The Morgan fingerprint density at radius 3 is 2.60 bits per heavy atom. The van der Waals surface area contributed by atoms with Crippen LogP contribution in [0.15, 0.2) is 48.5 Å². The van der Waals surface area contributed by atoms with Crippen LogP contribution in [-0.4, -0.2) is 41.5 Å². The molecule has 2 amide bonds. The molecule has 2 aromatic rings. The van der Waals surface area contributed by atoms with Crippen LogP contribution in [0.2, 0.25) is 5.02 Å². The second-order valence-electron chi connectivity index (χ2n) is 6.81. The first-order chi connectivity index (χ1) is 12.2. The van der Waals surface area contributed by atoms with E-state index in [1.807, 2.05) is 17.0 Å². The molecule has 0 bridgehead atoms. The maximum atomic E-state index is 12.5. The molecule has 2 heterocycles. The van der Waals surface area contributed by atoms with Crippen molar-refractivity contribution in [2.75, 3.05) is 25.0 Å². The number of hydrogen-bond donors (Lipinski definition) is 1. The monoisotopic (exact) mass is 355 g/mol. The van der Waals surface area contributed by atoms with Crippen LogP contribution in [0.5, 0.6) is 0 Å². The molecule has 2 aliphatic heterocycles. The second-order valence-corrected chi connectivity index (χ2v) is 7.25. The topological polar surface area (TPSA) is 35.6 Å². The molecule has 0 aliphatic carbocycles. The zero-order chi connectivity index (χ0) is 17.2. The normalized spacial score (nSPS) is 20.4. The van der Waals surface area contributed by atoms with Crippen LogP contribution in [0.3, 0.4) is 0 Å². The van der Waals surface area contributed by atoms with Crippen molar-refractivity contribution in [1.82, 2.24) is 9.80 Å². The third-order valence-corrected chi connectivity index (χ3v) is 5.47. The summed E-state index contributed by atoms with van der Waals surface area (Å²) in [6.07, 6.45) is 2.14. The van der Waals surface area contributed by atoms with Crippen LogP contribution in [-0.2, 0) is 13.0 Å². The minimum absolute atomic E-state index is 0.0257. The molecule has 2 aliphatic rings. The van der Waals surface area contributed by atoms with Gasteiger partial charge in [-0.05, 0) is 48.2 Å². The van der Waals surface area contributed by atoms with Crippen LogP contribution in [0.1, 0.15) is 17.5 Å². The summed E-state index contributed by atoms with van der Waals surface area (Å²) >= 11 is 5.89. The lowest BCUT2D eigenvalue weighted by Gasteiger charge is -2.33. The predicted molar refractivity (Wildman–Crippen MR) is 101 cm³/mol. The van der Waals surface area contributed by atoms with Gasteiger partial charge in [-0.25, -0.2) is 4.79 Å². The first-order valence-corrected chi connectivity index (χ1v) is 9.19. The Labute approximate surface area is 153 Å². The number of halogens is 1. The zero-order valence-electron chi connectivity index (χ0n) is 14.1. The number of fused-ring (bicyclic) bond motifs is 1. The predicted octanol–water partition coefficient (Wildman–Crippen LogP) is 4.00. The van der Waals surface area contributed by atoms with Crippen molar-refractivity contribution >= 4 is 23.3 Å². The van der Waals surface area contributed by atoms with Gasteiger partial charge < -0.3 is 10.2 Å². The van der Waals surface area contributed by atoms with E-state index in [1.54, 1.807) is 12.1 Å². The SMILES string of the molecule is O=C(Nc1ccc(Cl)cc1)N1CCC(N2CCc3ccccc3C2)C1. The highest BCUT2D eigenvalue weighted by atomic mass is 35.5. The van der Waals surface area contributed by atoms with E-state index in [1.165, 1.54) is 11.1 Å². The molecule has 25 heavy (non-hydrogen) atoms. The maximum absolute atomic E-state index is 12.5. The van der Waals surface area contributed by atoms with Gasteiger partial charge in [0.25, 0.3) is 0 Å². The third kappa shape index (κ3) is 3.65. The molecule has 0 aromatic heterocycles. The van der Waals surface area contributed by atoms with Crippen LogP contribution in [0.25, 0.3) is 0 Å². The third-order valence-electron chi connectivity index (χ3n) is 5.22. The Morgan fingerprint density at radius 2 is 1.80 bits per heavy atom. The van der Waals surface area contributed by atoms with Crippen molar-refractivity contribution in [3.8, 4) is 0 Å². The average Bonchev–Trinajstić information content (AvgIpc) is 3.13. The molecule has 130 valence electrons. The summed E-state index contributed by atoms with van der Waals surface area (Å²) in [6, 6.07) is 16.3. The lowest BCUT2D eigenvalue weighted by Crippen LogP contribution is -2.42. The number of rotatable bonds is 2. The molecule has 0 saturated carbocycles. The fraction of sp³-hybridized carbons (Fsp3) is 0.350. The summed E-state index contributed by atoms with van der Waals surface area (Å²) in [7, 11) is 0. The molecule has 1 atom stereocenters. The first kappa shape index (κ1) is 16.4. The molecule has 1 fully saturated rings. The number of benzene rings is 2. The first-order valence-electron chi connectivity index (χ1n) is 8.81. The number of nitrogens with one attached hydrogen (secondary N) is 1. The van der Waals surface area contributed by atoms with E-state index in [2.05, 4.69) is 34.5 Å². The van der Waals surface area contributed by atoms with Gasteiger partial charge >= 0.3 is 6.03 Å². The van der Waals surface area contributed by atoms with Gasteiger partial charge in [-0.2, -0.15) is 0 Å². The average molecular weight is 356 g/mol. The fourth-order valence-corrected chi connectivity index (χ4v) is 3.92. The van der Waals surface area contributed by atoms with Crippen molar-refractivity contribution in [2.45, 2.75) is 25.4 Å². The number of nitrogens with zero attached hydrogens (tertiary/aromatic N) is 2. The van der Waals surface area contributed by atoms with Crippen molar-refractivity contribution in [3.05, 3.63) is 64.7 Å². The maximum Gasteiger partial charge on any atom is 0.321 e. The largest absolute Gasteiger partial charge is 0.323 e. The van der Waals surface area contributed by atoms with Gasteiger partial charge in [0.05, 0.1) is 0 Å². The number of amides is 2. The second kappa shape index (κ2) is 7.06. The molecular weight excluding hydrogens is 334 g/mol. The van der Waals surface area contributed by atoms with E-state index in [4.69, 9.17) is 11.6 Å². The van der Waals surface area contributed by atoms with Crippen molar-refractivity contribution in [3.63, 3.8) is 0 Å². The molecule has 1 N–H and O–H groups in total. The van der Waals surface area contributed by atoms with Gasteiger partial charge in [0.15, 0.2) is 0 Å². The summed E-state index contributed by atoms with van der Waals surface area (Å²) in [5.74, 6) is 0. The van der Waals surface area contributed by atoms with Gasteiger partial charge in [0.1, 0.15) is 0 Å². The smallest absolute Gasteiger partial charge is 0.321 e. The summed E-state index contributed by atoms with van der Waals surface area (Å²) in [5.41, 5.74) is 3.68. The van der Waals surface area contributed by atoms with Gasteiger partial charge in [-0.1, -0.05) is 35.9 Å².